The second-order valence-electron chi connectivity index (χ2n) is 7.29. The number of ether oxygens (including phenoxy) is 1. The van der Waals surface area contributed by atoms with E-state index in [-0.39, 0.29) is 23.6 Å². The van der Waals surface area contributed by atoms with Crippen LogP contribution in [0.2, 0.25) is 0 Å². The fraction of sp³-hybridized carbons (Fsp3) is 0.364. The quantitative estimate of drug-likeness (QED) is 0.604. The normalized spacial score (nSPS) is 14.9. The zero-order valence-electron chi connectivity index (χ0n) is 16.5. The van der Waals surface area contributed by atoms with Crippen molar-refractivity contribution < 1.29 is 18.4 Å². The van der Waals surface area contributed by atoms with Gasteiger partial charge in [-0.3, -0.25) is 4.79 Å². The minimum atomic E-state index is -0.351. The van der Waals surface area contributed by atoms with Crippen LogP contribution in [0.15, 0.2) is 40.9 Å². The topological polar surface area (TPSA) is 55.6 Å². The Morgan fingerprint density at radius 3 is 2.69 bits per heavy atom. The highest BCUT2D eigenvalue weighted by Gasteiger charge is 2.26. The molecule has 5 nitrogen and oxygen atoms in total. The number of benzene rings is 1. The maximum Gasteiger partial charge on any atom is 0.263 e. The molecule has 1 aromatic carbocycles. The van der Waals surface area contributed by atoms with Crippen molar-refractivity contribution in [3.05, 3.63) is 69.0 Å². The maximum atomic E-state index is 13.8. The Bertz CT molecular complexity index is 986. The summed E-state index contributed by atoms with van der Waals surface area (Å²) in [6.07, 6.45) is 2.03. The number of carbonyl (C=O) groups excluding carboxylic acids is 1. The summed E-state index contributed by atoms with van der Waals surface area (Å²) in [5.74, 6) is 0.792. The number of halogens is 1. The SMILES string of the molecule is Cc1noc(C)c1Cc1ccc(C(=O)N2CCC(Oc3ccccc3F)CC2)s1. The van der Waals surface area contributed by atoms with Crippen molar-refractivity contribution in [2.24, 2.45) is 0 Å². The molecule has 1 fully saturated rings. The minimum Gasteiger partial charge on any atom is -0.487 e. The number of hydrogen-bond acceptors (Lipinski definition) is 5. The number of aromatic nitrogens is 1. The van der Waals surface area contributed by atoms with Gasteiger partial charge in [-0.05, 0) is 38.1 Å². The number of piperidine rings is 1. The molecule has 7 heteroatoms. The smallest absolute Gasteiger partial charge is 0.263 e. The predicted octanol–water partition coefficient (Wildman–Crippen LogP) is 4.77. The first-order valence-corrected chi connectivity index (χ1v) is 10.5. The number of rotatable bonds is 5. The number of para-hydroxylation sites is 1. The standard InChI is InChI=1S/C22H23FN2O3S/c1-14-18(15(2)28-24-14)13-17-7-8-21(29-17)22(26)25-11-9-16(10-12-25)27-20-6-4-3-5-19(20)23/h3-8,16H,9-13H2,1-2H3. The minimum absolute atomic E-state index is 0.0457. The Labute approximate surface area is 173 Å². The number of hydrogen-bond donors (Lipinski definition) is 0. The zero-order chi connectivity index (χ0) is 20.4. The number of aryl methyl sites for hydroxylation is 2. The molecule has 1 saturated heterocycles. The summed E-state index contributed by atoms with van der Waals surface area (Å²) < 4.78 is 24.8. The van der Waals surface area contributed by atoms with E-state index in [4.69, 9.17) is 9.26 Å². The fourth-order valence-electron chi connectivity index (χ4n) is 3.57. The molecule has 29 heavy (non-hydrogen) atoms. The third-order valence-corrected chi connectivity index (χ3v) is 6.34. The van der Waals surface area contributed by atoms with Crippen LogP contribution in [0.3, 0.4) is 0 Å². The number of nitrogens with zero attached hydrogens (tertiary/aromatic N) is 2. The Morgan fingerprint density at radius 1 is 1.24 bits per heavy atom. The summed E-state index contributed by atoms with van der Waals surface area (Å²) in [5, 5.41) is 3.99. The van der Waals surface area contributed by atoms with E-state index in [0.29, 0.717) is 25.9 Å². The molecule has 0 spiro atoms. The van der Waals surface area contributed by atoms with Gasteiger partial charge in [-0.15, -0.1) is 11.3 Å². The molecule has 4 rings (SSSR count). The molecular formula is C22H23FN2O3S. The van der Waals surface area contributed by atoms with Crippen LogP contribution >= 0.6 is 11.3 Å². The molecule has 0 N–H and O–H groups in total. The summed E-state index contributed by atoms with van der Waals surface area (Å²) >= 11 is 1.51. The van der Waals surface area contributed by atoms with E-state index in [1.807, 2.05) is 30.9 Å². The summed E-state index contributed by atoms with van der Waals surface area (Å²) in [5.41, 5.74) is 1.97. The molecule has 3 aromatic rings. The van der Waals surface area contributed by atoms with Crippen LogP contribution in [0.5, 0.6) is 5.75 Å². The van der Waals surface area contributed by atoms with E-state index < -0.39 is 0 Å². The summed E-state index contributed by atoms with van der Waals surface area (Å²) in [6, 6.07) is 10.3. The average molecular weight is 415 g/mol. The lowest BCUT2D eigenvalue weighted by Crippen LogP contribution is -2.41. The van der Waals surface area contributed by atoms with Crippen molar-refractivity contribution in [1.82, 2.24) is 10.1 Å². The third-order valence-electron chi connectivity index (χ3n) is 5.26. The van der Waals surface area contributed by atoms with Crippen LogP contribution in [-0.2, 0) is 6.42 Å². The van der Waals surface area contributed by atoms with Crippen LogP contribution < -0.4 is 4.74 Å². The van der Waals surface area contributed by atoms with Crippen LogP contribution in [0, 0.1) is 19.7 Å². The molecule has 3 heterocycles. The van der Waals surface area contributed by atoms with E-state index in [9.17, 15) is 9.18 Å². The molecule has 0 saturated carbocycles. The highest BCUT2D eigenvalue weighted by molar-refractivity contribution is 7.14. The van der Waals surface area contributed by atoms with Gasteiger partial charge in [0, 0.05) is 42.8 Å². The van der Waals surface area contributed by atoms with Crippen LogP contribution in [0.25, 0.3) is 0 Å². The lowest BCUT2D eigenvalue weighted by Gasteiger charge is -2.32. The van der Waals surface area contributed by atoms with E-state index in [1.54, 1.807) is 18.2 Å². The Hall–Kier alpha value is -2.67. The number of thiophene rings is 1. The number of likely N-dealkylation sites (tertiary alicyclic amines) is 1. The molecule has 0 unspecified atom stereocenters. The van der Waals surface area contributed by atoms with Gasteiger partial charge in [0.1, 0.15) is 11.9 Å². The monoisotopic (exact) mass is 414 g/mol. The molecule has 0 aliphatic carbocycles. The van der Waals surface area contributed by atoms with E-state index >= 15 is 0 Å². The predicted molar refractivity (Wildman–Crippen MR) is 109 cm³/mol. The molecule has 2 aromatic heterocycles. The van der Waals surface area contributed by atoms with Crippen LogP contribution in [-0.4, -0.2) is 35.2 Å². The van der Waals surface area contributed by atoms with Crippen molar-refractivity contribution in [3.63, 3.8) is 0 Å². The molecule has 152 valence electrons. The van der Waals surface area contributed by atoms with Gasteiger partial charge in [0.25, 0.3) is 5.91 Å². The fourth-order valence-corrected chi connectivity index (χ4v) is 4.56. The summed E-state index contributed by atoms with van der Waals surface area (Å²) in [7, 11) is 0. The van der Waals surface area contributed by atoms with Gasteiger partial charge in [-0.2, -0.15) is 0 Å². The molecule has 1 aliphatic rings. The average Bonchev–Trinajstić information content (AvgIpc) is 3.32. The lowest BCUT2D eigenvalue weighted by atomic mass is 10.1. The van der Waals surface area contributed by atoms with Crippen molar-refractivity contribution in [2.75, 3.05) is 13.1 Å². The van der Waals surface area contributed by atoms with Gasteiger partial charge in [0.15, 0.2) is 11.6 Å². The molecule has 0 atom stereocenters. The number of carbonyl (C=O) groups is 1. The second-order valence-corrected chi connectivity index (χ2v) is 8.45. The van der Waals surface area contributed by atoms with Crippen molar-refractivity contribution in [1.29, 1.82) is 0 Å². The van der Waals surface area contributed by atoms with Crippen LogP contribution in [0.1, 0.15) is 44.4 Å². The first-order chi connectivity index (χ1) is 14.0. The largest absolute Gasteiger partial charge is 0.487 e. The van der Waals surface area contributed by atoms with Crippen molar-refractivity contribution in [2.45, 2.75) is 39.2 Å². The molecule has 1 amide bonds. The third kappa shape index (κ3) is 4.34. The number of amides is 1. The van der Waals surface area contributed by atoms with E-state index in [0.717, 1.165) is 33.2 Å². The van der Waals surface area contributed by atoms with Gasteiger partial charge < -0.3 is 14.2 Å². The Morgan fingerprint density at radius 2 is 2.00 bits per heavy atom. The molecular weight excluding hydrogens is 391 g/mol. The Kier molecular flexibility index (Phi) is 5.67. The zero-order valence-corrected chi connectivity index (χ0v) is 17.3. The second kappa shape index (κ2) is 8.37. The highest BCUT2D eigenvalue weighted by atomic mass is 32.1. The van der Waals surface area contributed by atoms with Gasteiger partial charge in [-0.25, -0.2) is 4.39 Å². The highest BCUT2D eigenvalue weighted by Crippen LogP contribution is 2.26. The first-order valence-electron chi connectivity index (χ1n) is 9.72. The summed E-state index contributed by atoms with van der Waals surface area (Å²) in [6.45, 7) is 5.05. The van der Waals surface area contributed by atoms with Gasteiger partial charge in [0.2, 0.25) is 0 Å². The van der Waals surface area contributed by atoms with E-state index in [2.05, 4.69) is 5.16 Å². The maximum absolute atomic E-state index is 13.8. The van der Waals surface area contributed by atoms with Gasteiger partial charge in [0.05, 0.1) is 10.6 Å². The van der Waals surface area contributed by atoms with Crippen molar-refractivity contribution >= 4 is 17.2 Å². The lowest BCUT2D eigenvalue weighted by molar-refractivity contribution is 0.0593. The Balaban J connectivity index is 1.34. The molecule has 0 bridgehead atoms. The van der Waals surface area contributed by atoms with Crippen molar-refractivity contribution in [3.8, 4) is 5.75 Å². The summed E-state index contributed by atoms with van der Waals surface area (Å²) in [4.78, 5) is 16.6. The molecule has 1 aliphatic heterocycles. The van der Waals surface area contributed by atoms with Gasteiger partial charge in [-0.1, -0.05) is 17.3 Å². The van der Waals surface area contributed by atoms with E-state index in [1.165, 1.54) is 17.4 Å². The molecule has 0 radical (unpaired) electrons. The van der Waals surface area contributed by atoms with Gasteiger partial charge >= 0.3 is 0 Å². The van der Waals surface area contributed by atoms with Crippen LogP contribution in [0.4, 0.5) is 4.39 Å². The first kappa shape index (κ1) is 19.6.